The SMILES string of the molecule is CC(C)CCC(C)NC(=O)c1sc2ncccc2c1N. The summed E-state index contributed by atoms with van der Waals surface area (Å²) in [6, 6.07) is 3.88. The van der Waals surface area contributed by atoms with Crippen LogP contribution < -0.4 is 11.1 Å². The van der Waals surface area contributed by atoms with E-state index >= 15 is 0 Å². The van der Waals surface area contributed by atoms with Gasteiger partial charge < -0.3 is 11.1 Å². The average Bonchev–Trinajstić information content (AvgIpc) is 2.74. The Labute approximate surface area is 123 Å². The van der Waals surface area contributed by atoms with Crippen molar-refractivity contribution in [3.05, 3.63) is 23.2 Å². The van der Waals surface area contributed by atoms with Crippen LogP contribution in [0.5, 0.6) is 0 Å². The lowest BCUT2D eigenvalue weighted by Gasteiger charge is -2.14. The number of rotatable bonds is 5. The van der Waals surface area contributed by atoms with E-state index in [-0.39, 0.29) is 11.9 Å². The minimum absolute atomic E-state index is 0.0956. The summed E-state index contributed by atoms with van der Waals surface area (Å²) >= 11 is 1.35. The van der Waals surface area contributed by atoms with Gasteiger partial charge in [-0.15, -0.1) is 11.3 Å². The third-order valence-electron chi connectivity index (χ3n) is 3.27. The second-order valence-electron chi connectivity index (χ2n) is 5.55. The summed E-state index contributed by atoms with van der Waals surface area (Å²) in [6.45, 7) is 6.40. The van der Waals surface area contributed by atoms with Crippen molar-refractivity contribution < 1.29 is 4.79 Å². The minimum atomic E-state index is -0.0956. The zero-order valence-electron chi connectivity index (χ0n) is 12.1. The Morgan fingerprint density at radius 3 is 2.80 bits per heavy atom. The Bertz CT molecular complexity index is 606. The summed E-state index contributed by atoms with van der Waals surface area (Å²) in [5.41, 5.74) is 6.58. The fourth-order valence-corrected chi connectivity index (χ4v) is 3.03. The maximum atomic E-state index is 12.3. The van der Waals surface area contributed by atoms with Crippen molar-refractivity contribution in [2.75, 3.05) is 5.73 Å². The fourth-order valence-electron chi connectivity index (χ4n) is 2.06. The summed E-state index contributed by atoms with van der Waals surface area (Å²) in [4.78, 5) is 17.9. The highest BCUT2D eigenvalue weighted by molar-refractivity contribution is 7.21. The van der Waals surface area contributed by atoms with Gasteiger partial charge in [0.2, 0.25) is 0 Å². The van der Waals surface area contributed by atoms with Gasteiger partial charge >= 0.3 is 0 Å². The number of nitrogen functional groups attached to an aromatic ring is 1. The van der Waals surface area contributed by atoms with Gasteiger partial charge in [0.15, 0.2) is 0 Å². The van der Waals surface area contributed by atoms with Crippen molar-refractivity contribution in [1.82, 2.24) is 10.3 Å². The van der Waals surface area contributed by atoms with Crippen LogP contribution in [-0.4, -0.2) is 16.9 Å². The number of amides is 1. The van der Waals surface area contributed by atoms with Crippen LogP contribution in [0.2, 0.25) is 0 Å². The maximum absolute atomic E-state index is 12.3. The predicted molar refractivity (Wildman–Crippen MR) is 85.0 cm³/mol. The summed E-state index contributed by atoms with van der Waals surface area (Å²) in [7, 11) is 0. The molecule has 0 aliphatic heterocycles. The molecule has 0 saturated carbocycles. The average molecular weight is 291 g/mol. The molecule has 0 aliphatic carbocycles. The van der Waals surface area contributed by atoms with E-state index in [9.17, 15) is 4.79 Å². The number of hydrogen-bond donors (Lipinski definition) is 2. The third kappa shape index (κ3) is 3.28. The number of nitrogens with two attached hydrogens (primary N) is 1. The van der Waals surface area contributed by atoms with Crippen molar-refractivity contribution in [2.24, 2.45) is 5.92 Å². The lowest BCUT2D eigenvalue weighted by molar-refractivity contribution is 0.0942. The van der Waals surface area contributed by atoms with Crippen molar-refractivity contribution in [3.63, 3.8) is 0 Å². The first-order valence-electron chi connectivity index (χ1n) is 6.93. The molecule has 0 spiro atoms. The maximum Gasteiger partial charge on any atom is 0.263 e. The predicted octanol–water partition coefficient (Wildman–Crippen LogP) is 3.43. The van der Waals surface area contributed by atoms with Gasteiger partial charge in [0.25, 0.3) is 5.91 Å². The quantitative estimate of drug-likeness (QED) is 0.886. The molecule has 0 aliphatic rings. The number of aromatic nitrogens is 1. The van der Waals surface area contributed by atoms with Crippen LogP contribution in [-0.2, 0) is 0 Å². The molecule has 0 radical (unpaired) electrons. The number of pyridine rings is 1. The molecule has 1 atom stereocenters. The number of carbonyl (C=O) groups is 1. The van der Waals surface area contributed by atoms with Gasteiger partial charge in [-0.2, -0.15) is 0 Å². The molecule has 1 unspecified atom stereocenters. The van der Waals surface area contributed by atoms with Crippen LogP contribution in [0.1, 0.15) is 43.3 Å². The number of fused-ring (bicyclic) bond motifs is 1. The van der Waals surface area contributed by atoms with E-state index in [1.165, 1.54) is 11.3 Å². The van der Waals surface area contributed by atoms with Crippen LogP contribution in [0.15, 0.2) is 18.3 Å². The normalized spacial score (nSPS) is 12.8. The zero-order valence-corrected chi connectivity index (χ0v) is 13.0. The fraction of sp³-hybridized carbons (Fsp3) is 0.467. The second kappa shape index (κ2) is 6.22. The van der Waals surface area contributed by atoms with Gasteiger partial charge in [-0.05, 0) is 37.8 Å². The molecule has 4 nitrogen and oxygen atoms in total. The summed E-state index contributed by atoms with van der Waals surface area (Å²) in [5.74, 6) is 0.551. The molecule has 108 valence electrons. The lowest BCUT2D eigenvalue weighted by Crippen LogP contribution is -2.32. The number of carbonyl (C=O) groups excluding carboxylic acids is 1. The summed E-state index contributed by atoms with van der Waals surface area (Å²) in [6.07, 6.45) is 3.79. The van der Waals surface area contributed by atoms with Crippen molar-refractivity contribution in [2.45, 2.75) is 39.7 Å². The Balaban J connectivity index is 2.09. The largest absolute Gasteiger partial charge is 0.397 e. The zero-order chi connectivity index (χ0) is 14.7. The molecule has 0 bridgehead atoms. The Morgan fingerprint density at radius 1 is 1.40 bits per heavy atom. The molecule has 0 fully saturated rings. The summed E-state index contributed by atoms with van der Waals surface area (Å²) < 4.78 is 0. The van der Waals surface area contributed by atoms with E-state index in [0.29, 0.717) is 16.5 Å². The van der Waals surface area contributed by atoms with Crippen LogP contribution in [0.25, 0.3) is 10.2 Å². The lowest BCUT2D eigenvalue weighted by atomic mass is 10.0. The van der Waals surface area contributed by atoms with Crippen LogP contribution in [0.3, 0.4) is 0 Å². The smallest absolute Gasteiger partial charge is 0.263 e. The van der Waals surface area contributed by atoms with Crippen molar-refractivity contribution >= 4 is 33.1 Å². The molecule has 2 heterocycles. The molecule has 5 heteroatoms. The van der Waals surface area contributed by atoms with Crippen LogP contribution in [0.4, 0.5) is 5.69 Å². The number of anilines is 1. The van der Waals surface area contributed by atoms with Crippen molar-refractivity contribution in [3.8, 4) is 0 Å². The van der Waals surface area contributed by atoms with E-state index in [4.69, 9.17) is 5.73 Å². The molecule has 1 amide bonds. The van der Waals surface area contributed by atoms with Gasteiger partial charge in [-0.1, -0.05) is 13.8 Å². The molecule has 0 saturated heterocycles. The Hall–Kier alpha value is -1.62. The van der Waals surface area contributed by atoms with Gasteiger partial charge in [0.05, 0.1) is 5.69 Å². The number of thiophene rings is 1. The molecular weight excluding hydrogens is 270 g/mol. The van der Waals surface area contributed by atoms with E-state index in [2.05, 4.69) is 24.1 Å². The first-order valence-corrected chi connectivity index (χ1v) is 7.74. The molecular formula is C15H21N3OS. The van der Waals surface area contributed by atoms with Gasteiger partial charge in [-0.3, -0.25) is 4.79 Å². The van der Waals surface area contributed by atoms with Crippen LogP contribution in [0, 0.1) is 5.92 Å². The standard InChI is InChI=1S/C15H21N3OS/c1-9(2)6-7-10(3)18-14(19)13-12(16)11-5-4-8-17-15(11)20-13/h4-5,8-10H,6-7,16H2,1-3H3,(H,18,19). The molecule has 0 aromatic carbocycles. The topological polar surface area (TPSA) is 68.0 Å². The Kier molecular flexibility index (Phi) is 4.60. The number of hydrogen-bond acceptors (Lipinski definition) is 4. The number of nitrogens with zero attached hydrogens (tertiary/aromatic N) is 1. The minimum Gasteiger partial charge on any atom is -0.397 e. The van der Waals surface area contributed by atoms with E-state index in [0.717, 1.165) is 23.1 Å². The van der Waals surface area contributed by atoms with E-state index < -0.39 is 0 Å². The molecule has 2 aromatic heterocycles. The third-order valence-corrected chi connectivity index (χ3v) is 4.39. The number of nitrogens with one attached hydrogen (secondary N) is 1. The highest BCUT2D eigenvalue weighted by atomic mass is 32.1. The van der Waals surface area contributed by atoms with E-state index in [1.807, 2.05) is 19.1 Å². The first kappa shape index (κ1) is 14.8. The molecule has 2 rings (SSSR count). The molecule has 20 heavy (non-hydrogen) atoms. The van der Waals surface area contributed by atoms with Gasteiger partial charge in [-0.25, -0.2) is 4.98 Å². The highest BCUT2D eigenvalue weighted by Crippen LogP contribution is 2.31. The van der Waals surface area contributed by atoms with E-state index in [1.54, 1.807) is 6.20 Å². The Morgan fingerprint density at radius 2 is 2.15 bits per heavy atom. The van der Waals surface area contributed by atoms with Crippen LogP contribution >= 0.6 is 11.3 Å². The second-order valence-corrected chi connectivity index (χ2v) is 6.55. The van der Waals surface area contributed by atoms with Gasteiger partial charge in [0.1, 0.15) is 9.71 Å². The first-order chi connectivity index (χ1) is 9.49. The van der Waals surface area contributed by atoms with Gasteiger partial charge in [0, 0.05) is 17.6 Å². The monoisotopic (exact) mass is 291 g/mol. The van der Waals surface area contributed by atoms with Crippen molar-refractivity contribution in [1.29, 1.82) is 0 Å². The highest BCUT2D eigenvalue weighted by Gasteiger charge is 2.18. The molecule has 2 aromatic rings. The molecule has 3 N–H and O–H groups in total. The summed E-state index contributed by atoms with van der Waals surface area (Å²) in [5, 5.41) is 3.88.